The van der Waals surface area contributed by atoms with E-state index in [1.165, 1.54) is 17.4 Å². The van der Waals surface area contributed by atoms with Crippen molar-refractivity contribution in [1.82, 2.24) is 9.21 Å². The lowest BCUT2D eigenvalue weighted by Crippen LogP contribution is -2.46. The van der Waals surface area contributed by atoms with E-state index in [0.29, 0.717) is 24.3 Å². The van der Waals surface area contributed by atoms with E-state index in [1.807, 2.05) is 6.07 Å². The molecule has 0 aliphatic carbocycles. The number of sulfonamides is 1. The average Bonchev–Trinajstić information content (AvgIpc) is 2.78. The van der Waals surface area contributed by atoms with Crippen LogP contribution in [0.5, 0.6) is 0 Å². The number of nitrogens with one attached hydrogen (secondary N) is 1. The molecule has 8 nitrogen and oxygen atoms in total. The molecule has 31 heavy (non-hydrogen) atoms. The van der Waals surface area contributed by atoms with Crippen molar-refractivity contribution in [2.45, 2.75) is 11.8 Å². The Bertz CT molecular complexity index is 1150. The van der Waals surface area contributed by atoms with Gasteiger partial charge in [0.1, 0.15) is 11.6 Å². The summed E-state index contributed by atoms with van der Waals surface area (Å²) < 4.78 is 26.8. The van der Waals surface area contributed by atoms with E-state index in [9.17, 15) is 23.3 Å². The zero-order chi connectivity index (χ0) is 22.4. The first kappa shape index (κ1) is 22.2. The highest BCUT2D eigenvalue weighted by atomic mass is 32.2. The van der Waals surface area contributed by atoms with Gasteiger partial charge >= 0.3 is 0 Å². The largest absolute Gasteiger partial charge is 0.373 e. The summed E-state index contributed by atoms with van der Waals surface area (Å²) in [5, 5.41) is 12.0. The van der Waals surface area contributed by atoms with Gasteiger partial charge < -0.3 is 10.2 Å². The lowest BCUT2D eigenvalue weighted by atomic mass is 10.1. The maximum Gasteiger partial charge on any atom is 0.267 e. The molecular weight excluding hydrogens is 416 g/mol. The van der Waals surface area contributed by atoms with Crippen LogP contribution >= 0.6 is 0 Å². The maximum atomic E-state index is 12.7. The fourth-order valence-electron chi connectivity index (χ4n) is 3.15. The Labute approximate surface area is 181 Å². The third-order valence-electron chi connectivity index (χ3n) is 4.86. The predicted molar refractivity (Wildman–Crippen MR) is 116 cm³/mol. The van der Waals surface area contributed by atoms with E-state index in [4.69, 9.17) is 0 Å². The van der Waals surface area contributed by atoms with Gasteiger partial charge in [-0.2, -0.15) is 9.57 Å². The molecule has 0 aromatic heterocycles. The number of hydrogen-bond acceptors (Lipinski definition) is 6. The average molecular weight is 439 g/mol. The van der Waals surface area contributed by atoms with E-state index in [1.54, 1.807) is 59.5 Å². The molecule has 1 aliphatic rings. The van der Waals surface area contributed by atoms with Crippen molar-refractivity contribution in [2.75, 3.05) is 31.5 Å². The zero-order valence-electron chi connectivity index (χ0n) is 17.0. The summed E-state index contributed by atoms with van der Waals surface area (Å²) in [6.45, 7) is 2.62. The van der Waals surface area contributed by atoms with Crippen LogP contribution in [-0.4, -0.2) is 55.5 Å². The van der Waals surface area contributed by atoms with E-state index in [0.717, 1.165) is 0 Å². The third-order valence-corrected chi connectivity index (χ3v) is 6.77. The molecule has 160 valence electrons. The van der Waals surface area contributed by atoms with Crippen molar-refractivity contribution in [1.29, 1.82) is 5.26 Å². The fraction of sp³-hybridized carbons (Fsp3) is 0.227. The van der Waals surface area contributed by atoms with Gasteiger partial charge in [-0.1, -0.05) is 30.3 Å². The van der Waals surface area contributed by atoms with E-state index in [-0.39, 0.29) is 29.3 Å². The molecule has 3 rings (SSSR count). The second-order valence-electron chi connectivity index (χ2n) is 7.00. The van der Waals surface area contributed by atoms with Crippen LogP contribution in [0.1, 0.15) is 17.3 Å². The molecule has 2 aromatic rings. The minimum atomic E-state index is -3.57. The van der Waals surface area contributed by atoms with Crippen LogP contribution in [-0.2, 0) is 14.8 Å². The molecule has 2 aromatic carbocycles. The lowest BCUT2D eigenvalue weighted by Gasteiger charge is -2.33. The molecule has 1 N–H and O–H groups in total. The number of nitriles is 1. The van der Waals surface area contributed by atoms with Gasteiger partial charge in [-0.15, -0.1) is 0 Å². The van der Waals surface area contributed by atoms with Gasteiger partial charge in [0.05, 0.1) is 4.90 Å². The van der Waals surface area contributed by atoms with Gasteiger partial charge in [0.15, 0.2) is 5.78 Å². The Morgan fingerprint density at radius 2 is 1.71 bits per heavy atom. The Morgan fingerprint density at radius 1 is 1.03 bits per heavy atom. The number of hydrogen-bond donors (Lipinski definition) is 1. The van der Waals surface area contributed by atoms with Gasteiger partial charge in [-0.05, 0) is 31.2 Å². The monoisotopic (exact) mass is 438 g/mol. The van der Waals surface area contributed by atoms with Gasteiger partial charge in [0.25, 0.3) is 5.91 Å². The first-order valence-electron chi connectivity index (χ1n) is 9.65. The molecule has 1 heterocycles. The fourth-order valence-corrected chi connectivity index (χ4v) is 4.59. The topological polar surface area (TPSA) is 111 Å². The van der Waals surface area contributed by atoms with Gasteiger partial charge in [-0.25, -0.2) is 8.42 Å². The molecule has 1 saturated heterocycles. The summed E-state index contributed by atoms with van der Waals surface area (Å²) in [5.74, 6) is -0.724. The Morgan fingerprint density at radius 3 is 2.32 bits per heavy atom. The third kappa shape index (κ3) is 5.36. The number of amides is 1. The molecular formula is C22H22N4O4S. The summed E-state index contributed by atoms with van der Waals surface area (Å²) in [4.78, 5) is 26.0. The van der Waals surface area contributed by atoms with Crippen LogP contribution in [0.4, 0.5) is 5.69 Å². The number of ketones is 1. The van der Waals surface area contributed by atoms with E-state index in [2.05, 4.69) is 5.32 Å². The van der Waals surface area contributed by atoms with Crippen molar-refractivity contribution in [2.24, 2.45) is 0 Å². The molecule has 0 unspecified atom stereocenters. The quantitative estimate of drug-likeness (QED) is 0.421. The molecule has 0 bridgehead atoms. The summed E-state index contributed by atoms with van der Waals surface area (Å²) in [6.07, 6.45) is 1.44. The number of carbonyl (C=O) groups excluding carboxylic acids is 2. The maximum absolute atomic E-state index is 12.7. The number of piperazine rings is 1. The standard InChI is InChI=1S/C22H22N4O4S/c1-17(27)18-6-5-7-20(14-18)24-22(28)19(15-23)16-25-10-12-26(13-11-25)31(29,30)21-8-3-2-4-9-21/h2-9,14,16H,10-13H2,1H3,(H,24,28)/b19-16-. The molecule has 9 heteroatoms. The number of Topliss-reactive ketones (excluding diaryl/α,β-unsaturated/α-hetero) is 1. The minimum absolute atomic E-state index is 0.104. The number of carbonyl (C=O) groups is 2. The van der Waals surface area contributed by atoms with Crippen LogP contribution in [0.15, 0.2) is 71.3 Å². The van der Waals surface area contributed by atoms with Gasteiger partial charge in [-0.3, -0.25) is 9.59 Å². The molecule has 1 aliphatic heterocycles. The molecule has 0 atom stereocenters. The highest BCUT2D eigenvalue weighted by molar-refractivity contribution is 7.89. The summed E-state index contributed by atoms with van der Waals surface area (Å²) in [6, 6.07) is 16.6. The first-order valence-corrected chi connectivity index (χ1v) is 11.1. The number of anilines is 1. The van der Waals surface area contributed by atoms with Crippen LogP contribution < -0.4 is 5.32 Å². The first-order chi connectivity index (χ1) is 14.8. The van der Waals surface area contributed by atoms with Crippen LogP contribution in [0, 0.1) is 11.3 Å². The van der Waals surface area contributed by atoms with Crippen molar-refractivity contribution < 1.29 is 18.0 Å². The van der Waals surface area contributed by atoms with Gasteiger partial charge in [0, 0.05) is 43.6 Å². The predicted octanol–water partition coefficient (Wildman–Crippen LogP) is 2.24. The van der Waals surface area contributed by atoms with Crippen molar-refractivity contribution in [3.05, 3.63) is 71.9 Å². The Hall–Kier alpha value is -3.48. The van der Waals surface area contributed by atoms with Crippen LogP contribution in [0.25, 0.3) is 0 Å². The molecule has 0 radical (unpaired) electrons. The van der Waals surface area contributed by atoms with E-state index < -0.39 is 15.9 Å². The SMILES string of the molecule is CC(=O)c1cccc(NC(=O)/C(C#N)=C\N2CCN(S(=O)(=O)c3ccccc3)CC2)c1. The molecule has 0 saturated carbocycles. The number of rotatable bonds is 6. The van der Waals surface area contributed by atoms with Crippen LogP contribution in [0.2, 0.25) is 0 Å². The summed E-state index contributed by atoms with van der Waals surface area (Å²) in [7, 11) is -3.57. The van der Waals surface area contributed by atoms with Crippen molar-refractivity contribution in [3.8, 4) is 6.07 Å². The Balaban J connectivity index is 1.65. The van der Waals surface area contributed by atoms with E-state index >= 15 is 0 Å². The molecule has 0 spiro atoms. The smallest absolute Gasteiger partial charge is 0.267 e. The highest BCUT2D eigenvalue weighted by Crippen LogP contribution is 2.18. The van der Waals surface area contributed by atoms with Crippen molar-refractivity contribution >= 4 is 27.4 Å². The number of benzene rings is 2. The summed E-state index contributed by atoms with van der Waals surface area (Å²) >= 11 is 0. The number of nitrogens with zero attached hydrogens (tertiary/aromatic N) is 3. The highest BCUT2D eigenvalue weighted by Gasteiger charge is 2.28. The normalized spacial score (nSPS) is 15.2. The molecule has 1 amide bonds. The van der Waals surface area contributed by atoms with Crippen molar-refractivity contribution in [3.63, 3.8) is 0 Å². The zero-order valence-corrected chi connectivity index (χ0v) is 17.8. The van der Waals surface area contributed by atoms with Gasteiger partial charge in [0.2, 0.25) is 10.0 Å². The second kappa shape index (κ2) is 9.55. The van der Waals surface area contributed by atoms with Crippen LogP contribution in [0.3, 0.4) is 0 Å². The summed E-state index contributed by atoms with van der Waals surface area (Å²) in [5.41, 5.74) is 0.765. The Kier molecular flexibility index (Phi) is 6.84. The minimum Gasteiger partial charge on any atom is -0.373 e. The second-order valence-corrected chi connectivity index (χ2v) is 8.94. The lowest BCUT2D eigenvalue weighted by molar-refractivity contribution is -0.112. The molecule has 1 fully saturated rings.